The quantitative estimate of drug-likeness (QED) is 0.631. The highest BCUT2D eigenvalue weighted by molar-refractivity contribution is 5.94. The van der Waals surface area contributed by atoms with E-state index in [-0.39, 0.29) is 18.4 Å². The maximum atomic E-state index is 11.6. The summed E-state index contributed by atoms with van der Waals surface area (Å²) < 4.78 is 14.8. The minimum absolute atomic E-state index is 0.257. The number of amides is 1. The molecule has 0 saturated carbocycles. The van der Waals surface area contributed by atoms with Crippen LogP contribution in [0, 0.1) is 0 Å². The lowest BCUT2D eigenvalue weighted by Gasteiger charge is -2.16. The Labute approximate surface area is 118 Å². The van der Waals surface area contributed by atoms with E-state index >= 15 is 0 Å². The van der Waals surface area contributed by atoms with Crippen LogP contribution in [-0.2, 0) is 14.3 Å². The summed E-state index contributed by atoms with van der Waals surface area (Å²) in [4.78, 5) is 22.6. The van der Waals surface area contributed by atoms with Crippen LogP contribution in [0.3, 0.4) is 0 Å². The van der Waals surface area contributed by atoms with Crippen LogP contribution in [0.25, 0.3) is 0 Å². The summed E-state index contributed by atoms with van der Waals surface area (Å²) in [7, 11) is 4.34. The van der Waals surface area contributed by atoms with Crippen molar-refractivity contribution in [3.63, 3.8) is 0 Å². The van der Waals surface area contributed by atoms with Crippen molar-refractivity contribution in [2.24, 2.45) is 0 Å². The Morgan fingerprint density at radius 2 is 1.80 bits per heavy atom. The van der Waals surface area contributed by atoms with E-state index in [0.717, 1.165) is 5.56 Å². The van der Waals surface area contributed by atoms with Crippen LogP contribution >= 0.6 is 0 Å². The highest BCUT2D eigenvalue weighted by atomic mass is 16.5. The van der Waals surface area contributed by atoms with Crippen LogP contribution in [0.5, 0.6) is 11.5 Å². The molecule has 1 N–H and O–H groups in total. The van der Waals surface area contributed by atoms with Crippen LogP contribution in [-0.4, -0.2) is 33.2 Å². The molecule has 1 aromatic rings. The lowest BCUT2D eigenvalue weighted by molar-refractivity contribution is -0.143. The Balaban J connectivity index is 2.74. The van der Waals surface area contributed by atoms with Crippen LogP contribution in [0.4, 0.5) is 0 Å². The van der Waals surface area contributed by atoms with Gasteiger partial charge in [0.25, 0.3) is 0 Å². The molecule has 20 heavy (non-hydrogen) atoms. The first-order valence-corrected chi connectivity index (χ1v) is 6.10. The molecule has 1 aromatic carbocycles. The molecule has 6 nitrogen and oxygen atoms in total. The predicted molar refractivity (Wildman–Crippen MR) is 72.7 cm³/mol. The SMILES string of the molecule is COC(=O)CC(=O)NC(C)c1ccc(OC)c(OC)c1. The first-order valence-electron chi connectivity index (χ1n) is 6.10. The van der Waals surface area contributed by atoms with Crippen molar-refractivity contribution in [1.29, 1.82) is 0 Å². The molecule has 0 aliphatic carbocycles. The Morgan fingerprint density at radius 3 is 2.35 bits per heavy atom. The van der Waals surface area contributed by atoms with Gasteiger partial charge in [0.05, 0.1) is 27.4 Å². The van der Waals surface area contributed by atoms with Gasteiger partial charge < -0.3 is 19.5 Å². The van der Waals surface area contributed by atoms with E-state index in [1.54, 1.807) is 26.4 Å². The molecule has 110 valence electrons. The minimum Gasteiger partial charge on any atom is -0.493 e. The molecule has 1 atom stereocenters. The molecule has 0 spiro atoms. The number of methoxy groups -OCH3 is 3. The monoisotopic (exact) mass is 281 g/mol. The van der Waals surface area contributed by atoms with Crippen LogP contribution in [0.1, 0.15) is 24.9 Å². The van der Waals surface area contributed by atoms with Gasteiger partial charge in [0.1, 0.15) is 6.42 Å². The molecule has 0 aromatic heterocycles. The van der Waals surface area contributed by atoms with Crippen LogP contribution < -0.4 is 14.8 Å². The molecule has 0 radical (unpaired) electrons. The van der Waals surface area contributed by atoms with E-state index in [9.17, 15) is 9.59 Å². The zero-order chi connectivity index (χ0) is 15.1. The molecule has 1 rings (SSSR count). The Hall–Kier alpha value is -2.24. The zero-order valence-corrected chi connectivity index (χ0v) is 12.1. The molecule has 6 heteroatoms. The van der Waals surface area contributed by atoms with Crippen molar-refractivity contribution in [3.8, 4) is 11.5 Å². The fourth-order valence-corrected chi connectivity index (χ4v) is 1.70. The highest BCUT2D eigenvalue weighted by Crippen LogP contribution is 2.29. The van der Waals surface area contributed by atoms with Crippen LogP contribution in [0.2, 0.25) is 0 Å². The van der Waals surface area contributed by atoms with E-state index in [4.69, 9.17) is 9.47 Å². The first-order chi connectivity index (χ1) is 9.51. The van der Waals surface area contributed by atoms with Crippen molar-refractivity contribution in [1.82, 2.24) is 5.32 Å². The zero-order valence-electron chi connectivity index (χ0n) is 12.1. The number of benzene rings is 1. The molecule has 0 bridgehead atoms. The Bertz CT molecular complexity index is 486. The number of nitrogens with one attached hydrogen (secondary N) is 1. The highest BCUT2D eigenvalue weighted by Gasteiger charge is 2.15. The molecule has 0 saturated heterocycles. The van der Waals surface area contributed by atoms with Gasteiger partial charge in [-0.05, 0) is 24.6 Å². The smallest absolute Gasteiger partial charge is 0.315 e. The second-order valence-corrected chi connectivity index (χ2v) is 4.16. The van der Waals surface area contributed by atoms with Gasteiger partial charge in [-0.2, -0.15) is 0 Å². The van der Waals surface area contributed by atoms with E-state index in [1.807, 2.05) is 13.0 Å². The minimum atomic E-state index is -0.568. The number of esters is 1. The van der Waals surface area contributed by atoms with Crippen molar-refractivity contribution in [2.45, 2.75) is 19.4 Å². The van der Waals surface area contributed by atoms with Crippen molar-refractivity contribution < 1.29 is 23.8 Å². The van der Waals surface area contributed by atoms with Gasteiger partial charge >= 0.3 is 5.97 Å². The summed E-state index contributed by atoms with van der Waals surface area (Å²) in [5.41, 5.74) is 0.848. The average Bonchev–Trinajstić information content (AvgIpc) is 2.45. The summed E-state index contributed by atoms with van der Waals surface area (Å²) in [6.45, 7) is 1.82. The standard InChI is InChI=1S/C14H19NO5/c1-9(15-13(16)8-14(17)20-4)10-5-6-11(18-2)12(7-10)19-3/h5-7,9H,8H2,1-4H3,(H,15,16). The Kier molecular flexibility index (Phi) is 5.83. The van der Waals surface area contributed by atoms with Gasteiger partial charge in [-0.1, -0.05) is 6.07 Å². The Morgan fingerprint density at radius 1 is 1.15 bits per heavy atom. The van der Waals surface area contributed by atoms with Gasteiger partial charge in [-0.15, -0.1) is 0 Å². The number of carbonyl (C=O) groups excluding carboxylic acids is 2. The van der Waals surface area contributed by atoms with Crippen LogP contribution in [0.15, 0.2) is 18.2 Å². The third kappa shape index (κ3) is 4.15. The van der Waals surface area contributed by atoms with Gasteiger partial charge in [-0.3, -0.25) is 9.59 Å². The molecule has 0 heterocycles. The summed E-state index contributed by atoms with van der Waals surface area (Å²) in [6.07, 6.45) is -0.297. The summed E-state index contributed by atoms with van der Waals surface area (Å²) in [6, 6.07) is 5.11. The molecule has 0 fully saturated rings. The van der Waals surface area contributed by atoms with Gasteiger partial charge in [0.2, 0.25) is 5.91 Å². The second kappa shape index (κ2) is 7.37. The van der Waals surface area contributed by atoms with Gasteiger partial charge in [0, 0.05) is 0 Å². The second-order valence-electron chi connectivity index (χ2n) is 4.16. The lowest BCUT2D eigenvalue weighted by Crippen LogP contribution is -2.28. The van der Waals surface area contributed by atoms with Crippen molar-refractivity contribution in [2.75, 3.05) is 21.3 Å². The topological polar surface area (TPSA) is 73.9 Å². The third-order valence-electron chi connectivity index (χ3n) is 2.82. The summed E-state index contributed by atoms with van der Waals surface area (Å²) >= 11 is 0. The van der Waals surface area contributed by atoms with Crippen molar-refractivity contribution in [3.05, 3.63) is 23.8 Å². The molecule has 0 aliphatic heterocycles. The number of hydrogen-bond donors (Lipinski definition) is 1. The maximum absolute atomic E-state index is 11.6. The van der Waals surface area contributed by atoms with E-state index in [2.05, 4.69) is 10.1 Å². The molecule has 1 amide bonds. The third-order valence-corrected chi connectivity index (χ3v) is 2.82. The van der Waals surface area contributed by atoms with Gasteiger partial charge in [0.15, 0.2) is 11.5 Å². The van der Waals surface area contributed by atoms with E-state index in [0.29, 0.717) is 11.5 Å². The number of carbonyl (C=O) groups is 2. The molecular formula is C14H19NO5. The number of ether oxygens (including phenoxy) is 3. The lowest BCUT2D eigenvalue weighted by atomic mass is 10.1. The summed E-state index contributed by atoms with van der Waals surface area (Å²) in [5.74, 6) is 0.240. The van der Waals surface area contributed by atoms with E-state index < -0.39 is 5.97 Å². The van der Waals surface area contributed by atoms with Gasteiger partial charge in [-0.25, -0.2) is 0 Å². The fraction of sp³-hybridized carbons (Fsp3) is 0.429. The molecule has 0 aliphatic rings. The first kappa shape index (κ1) is 15.8. The predicted octanol–water partition coefficient (Wildman–Crippen LogP) is 1.44. The molecular weight excluding hydrogens is 262 g/mol. The largest absolute Gasteiger partial charge is 0.493 e. The summed E-state index contributed by atoms with van der Waals surface area (Å²) in [5, 5.41) is 2.71. The normalized spacial score (nSPS) is 11.4. The number of hydrogen-bond acceptors (Lipinski definition) is 5. The van der Waals surface area contributed by atoms with E-state index in [1.165, 1.54) is 7.11 Å². The van der Waals surface area contributed by atoms with Crippen molar-refractivity contribution >= 4 is 11.9 Å². The average molecular weight is 281 g/mol. The fourth-order valence-electron chi connectivity index (χ4n) is 1.70. The number of rotatable bonds is 6. The maximum Gasteiger partial charge on any atom is 0.315 e. The molecule has 1 unspecified atom stereocenters.